The predicted molar refractivity (Wildman–Crippen MR) is 136 cm³/mol. The first-order valence-corrected chi connectivity index (χ1v) is 13.4. The van der Waals surface area contributed by atoms with Gasteiger partial charge in [0, 0.05) is 11.8 Å². The molecule has 4 heteroatoms. The second-order valence-electron chi connectivity index (χ2n) is 11.8. The van der Waals surface area contributed by atoms with E-state index in [1.54, 1.807) is 6.92 Å². The lowest BCUT2D eigenvalue weighted by Crippen LogP contribution is -2.58. The van der Waals surface area contributed by atoms with Crippen molar-refractivity contribution in [1.29, 1.82) is 0 Å². The Hall–Kier alpha value is -2.49. The zero-order valence-electron chi connectivity index (χ0n) is 21.5. The van der Waals surface area contributed by atoms with Crippen molar-refractivity contribution in [1.82, 2.24) is 0 Å². The van der Waals surface area contributed by atoms with Gasteiger partial charge < -0.3 is 4.74 Å². The van der Waals surface area contributed by atoms with Crippen molar-refractivity contribution in [3.8, 4) is 0 Å². The van der Waals surface area contributed by atoms with Crippen LogP contribution >= 0.6 is 0 Å². The normalized spacial score (nSPS) is 38.6. The minimum Gasteiger partial charge on any atom is -0.450 e. The van der Waals surface area contributed by atoms with Crippen LogP contribution in [0.3, 0.4) is 0 Å². The fourth-order valence-corrected chi connectivity index (χ4v) is 8.28. The van der Waals surface area contributed by atoms with E-state index in [2.05, 4.69) is 26.0 Å². The Morgan fingerprint density at radius 1 is 1.06 bits per heavy atom. The minimum atomic E-state index is -1.07. The van der Waals surface area contributed by atoms with Crippen LogP contribution in [0.5, 0.6) is 0 Å². The van der Waals surface area contributed by atoms with E-state index in [-0.39, 0.29) is 34.8 Å². The lowest BCUT2D eigenvalue weighted by atomic mass is 9.48. The van der Waals surface area contributed by atoms with Gasteiger partial charge >= 0.3 is 5.97 Å². The lowest BCUT2D eigenvalue weighted by Gasteiger charge is -2.57. The molecular weight excluding hydrogens is 436 g/mol. The average molecular weight is 475 g/mol. The summed E-state index contributed by atoms with van der Waals surface area (Å²) in [5.74, 6) is 0.631. The van der Waals surface area contributed by atoms with Crippen LogP contribution in [0.25, 0.3) is 0 Å². The largest absolute Gasteiger partial charge is 0.450 e. The summed E-state index contributed by atoms with van der Waals surface area (Å²) in [6.07, 6.45) is 11.8. The number of ketones is 2. The molecule has 0 saturated heterocycles. The SMILES string of the molecule is CC[C@@H](C(=O)O[C@@]1(C(C)=O)CC[C@H]2[C@@H]3C=CC4=CC(=O)CC[C@]4(C)[C@H]3CC[C@@]21C)c1ccccc1. The second kappa shape index (κ2) is 8.57. The van der Waals surface area contributed by atoms with Crippen LogP contribution in [0.15, 0.2) is 54.1 Å². The van der Waals surface area contributed by atoms with E-state index in [0.29, 0.717) is 31.1 Å². The van der Waals surface area contributed by atoms with Gasteiger partial charge in [-0.25, -0.2) is 0 Å². The van der Waals surface area contributed by atoms with Crippen LogP contribution in [0.1, 0.15) is 84.1 Å². The summed E-state index contributed by atoms with van der Waals surface area (Å²) >= 11 is 0. The standard InChI is InChI=1S/C31H38O4/c1-5-24(21-9-7-6-8-10-21)28(34)35-31(20(2)32)18-15-27-25-12-11-22-19-23(33)13-16-29(22,3)26(25)14-17-30(27,31)4/h6-12,19,24-27H,5,13-18H2,1-4H3/t24-,25-,26+,27+,29+,30+,31-/m1/s1. The molecule has 4 aliphatic rings. The van der Waals surface area contributed by atoms with Gasteiger partial charge in [-0.15, -0.1) is 0 Å². The Labute approximate surface area is 209 Å². The first kappa shape index (κ1) is 24.2. The number of allylic oxidation sites excluding steroid dienone is 4. The first-order valence-electron chi connectivity index (χ1n) is 13.4. The number of benzene rings is 1. The molecule has 0 unspecified atom stereocenters. The molecule has 1 aromatic rings. The Kier molecular flexibility index (Phi) is 5.93. The molecule has 1 aromatic carbocycles. The molecule has 0 aromatic heterocycles. The molecule has 0 N–H and O–H groups in total. The highest BCUT2D eigenvalue weighted by molar-refractivity contribution is 5.92. The molecule has 0 amide bonds. The van der Waals surface area contributed by atoms with Gasteiger partial charge in [-0.05, 0) is 85.8 Å². The number of rotatable bonds is 5. The van der Waals surface area contributed by atoms with Crippen LogP contribution in [-0.4, -0.2) is 23.1 Å². The Morgan fingerprint density at radius 2 is 1.77 bits per heavy atom. The molecule has 186 valence electrons. The van der Waals surface area contributed by atoms with Gasteiger partial charge in [0.15, 0.2) is 17.2 Å². The molecule has 4 aliphatic carbocycles. The summed E-state index contributed by atoms with van der Waals surface area (Å²) in [6.45, 7) is 8.14. The zero-order chi connectivity index (χ0) is 25.0. The maximum absolute atomic E-state index is 13.6. The maximum atomic E-state index is 13.6. The van der Waals surface area contributed by atoms with Crippen molar-refractivity contribution in [2.75, 3.05) is 0 Å². The summed E-state index contributed by atoms with van der Waals surface area (Å²) in [5, 5.41) is 0. The topological polar surface area (TPSA) is 60.4 Å². The molecule has 2 saturated carbocycles. The third kappa shape index (κ3) is 3.50. The summed E-state index contributed by atoms with van der Waals surface area (Å²) in [5.41, 5.74) is 0.658. The highest BCUT2D eigenvalue weighted by atomic mass is 16.6. The number of ether oxygens (including phenoxy) is 1. The third-order valence-electron chi connectivity index (χ3n) is 10.4. The number of carbonyl (C=O) groups is 3. The summed E-state index contributed by atoms with van der Waals surface area (Å²) in [7, 11) is 0. The molecule has 0 heterocycles. The summed E-state index contributed by atoms with van der Waals surface area (Å²) in [6, 6.07) is 9.76. The van der Waals surface area contributed by atoms with Gasteiger partial charge in [0.1, 0.15) is 0 Å². The average Bonchev–Trinajstić information content (AvgIpc) is 3.14. The van der Waals surface area contributed by atoms with Crippen molar-refractivity contribution in [2.45, 2.75) is 84.2 Å². The molecule has 5 rings (SSSR count). The van der Waals surface area contributed by atoms with E-state index >= 15 is 0 Å². The molecule has 0 aliphatic heterocycles. The predicted octanol–water partition coefficient (Wildman–Crippen LogP) is 6.36. The number of esters is 1. The fraction of sp³-hybridized carbons (Fsp3) is 0.581. The van der Waals surface area contributed by atoms with Crippen molar-refractivity contribution in [2.24, 2.45) is 28.6 Å². The minimum absolute atomic E-state index is 0.00736. The van der Waals surface area contributed by atoms with E-state index in [1.165, 1.54) is 5.57 Å². The van der Waals surface area contributed by atoms with Gasteiger partial charge in [-0.2, -0.15) is 0 Å². The molecule has 7 atom stereocenters. The second-order valence-corrected chi connectivity index (χ2v) is 11.8. The molecule has 0 spiro atoms. The third-order valence-corrected chi connectivity index (χ3v) is 10.4. The molecule has 35 heavy (non-hydrogen) atoms. The quantitative estimate of drug-likeness (QED) is 0.466. The molecular formula is C31H38O4. The van der Waals surface area contributed by atoms with Gasteiger partial charge in [-0.3, -0.25) is 14.4 Å². The number of Topliss-reactive ketones (excluding diaryl/α,β-unsaturated/α-hetero) is 1. The van der Waals surface area contributed by atoms with Crippen LogP contribution in [0, 0.1) is 28.6 Å². The van der Waals surface area contributed by atoms with Crippen LogP contribution < -0.4 is 0 Å². The number of fused-ring (bicyclic) bond motifs is 5. The fourth-order valence-electron chi connectivity index (χ4n) is 8.28. The monoisotopic (exact) mass is 474 g/mol. The number of hydrogen-bond acceptors (Lipinski definition) is 4. The van der Waals surface area contributed by atoms with Crippen LogP contribution in [0.2, 0.25) is 0 Å². The molecule has 2 fully saturated rings. The molecule has 0 radical (unpaired) electrons. The van der Waals surface area contributed by atoms with E-state index in [0.717, 1.165) is 31.2 Å². The number of hydrogen-bond donors (Lipinski definition) is 0. The van der Waals surface area contributed by atoms with Gasteiger partial charge in [0.05, 0.1) is 5.92 Å². The van der Waals surface area contributed by atoms with E-state index in [4.69, 9.17) is 4.74 Å². The Morgan fingerprint density at radius 3 is 2.46 bits per heavy atom. The van der Waals surface area contributed by atoms with Gasteiger partial charge in [-0.1, -0.05) is 63.3 Å². The van der Waals surface area contributed by atoms with E-state index < -0.39 is 11.0 Å². The lowest BCUT2D eigenvalue weighted by molar-refractivity contribution is -0.188. The highest BCUT2D eigenvalue weighted by Crippen LogP contribution is 2.67. The zero-order valence-corrected chi connectivity index (χ0v) is 21.5. The van der Waals surface area contributed by atoms with E-state index in [1.807, 2.05) is 43.3 Å². The van der Waals surface area contributed by atoms with Gasteiger partial charge in [0.25, 0.3) is 0 Å². The van der Waals surface area contributed by atoms with Crippen molar-refractivity contribution in [3.05, 3.63) is 59.7 Å². The van der Waals surface area contributed by atoms with Gasteiger partial charge in [0.2, 0.25) is 0 Å². The van der Waals surface area contributed by atoms with Crippen LogP contribution in [0.4, 0.5) is 0 Å². The molecule has 0 bridgehead atoms. The summed E-state index contributed by atoms with van der Waals surface area (Å²) in [4.78, 5) is 39.0. The first-order chi connectivity index (χ1) is 16.7. The highest BCUT2D eigenvalue weighted by Gasteiger charge is 2.67. The van der Waals surface area contributed by atoms with Crippen molar-refractivity contribution in [3.63, 3.8) is 0 Å². The van der Waals surface area contributed by atoms with E-state index in [9.17, 15) is 14.4 Å². The number of carbonyl (C=O) groups excluding carboxylic acids is 3. The molecule has 4 nitrogen and oxygen atoms in total. The van der Waals surface area contributed by atoms with Crippen molar-refractivity contribution < 1.29 is 19.1 Å². The van der Waals surface area contributed by atoms with Crippen LogP contribution in [-0.2, 0) is 19.1 Å². The Balaban J connectivity index is 1.47. The van der Waals surface area contributed by atoms with Crippen molar-refractivity contribution >= 4 is 17.5 Å². The smallest absolute Gasteiger partial charge is 0.314 e. The Bertz CT molecular complexity index is 1100. The summed E-state index contributed by atoms with van der Waals surface area (Å²) < 4.78 is 6.40. The maximum Gasteiger partial charge on any atom is 0.314 e.